The fraction of sp³-hybridized carbons (Fsp3) is 0.118. The molecule has 2 aromatic rings. The summed E-state index contributed by atoms with van der Waals surface area (Å²) >= 11 is 0. The van der Waals surface area contributed by atoms with Gasteiger partial charge in [-0.25, -0.2) is 4.79 Å². The first kappa shape index (κ1) is 14.8. The Morgan fingerprint density at radius 3 is 2.48 bits per heavy atom. The van der Waals surface area contributed by atoms with Crippen molar-refractivity contribution >= 4 is 23.3 Å². The zero-order chi connectivity index (χ0) is 16.4. The van der Waals surface area contributed by atoms with Crippen LogP contribution in [0.3, 0.4) is 0 Å². The predicted molar refractivity (Wildman–Crippen MR) is 81.7 cm³/mol. The van der Waals surface area contributed by atoms with Crippen molar-refractivity contribution in [3.05, 3.63) is 53.6 Å². The van der Waals surface area contributed by atoms with E-state index in [0.717, 1.165) is 5.56 Å². The van der Waals surface area contributed by atoms with Crippen LogP contribution in [0, 0.1) is 0 Å². The summed E-state index contributed by atoms with van der Waals surface area (Å²) in [5, 5.41) is 7.22. The van der Waals surface area contributed by atoms with Gasteiger partial charge >= 0.3 is 11.9 Å². The lowest BCUT2D eigenvalue weighted by molar-refractivity contribution is -0.114. The van der Waals surface area contributed by atoms with E-state index in [1.165, 1.54) is 6.07 Å². The molecule has 6 nitrogen and oxygen atoms in total. The number of benzene rings is 2. The number of ether oxygens (including phenoxy) is 1. The second kappa shape index (κ2) is 5.92. The summed E-state index contributed by atoms with van der Waals surface area (Å²) in [4.78, 5) is 35.9. The summed E-state index contributed by atoms with van der Waals surface area (Å²) in [7, 11) is 0. The number of hydrogen-bond donors (Lipinski definition) is 0. The van der Waals surface area contributed by atoms with Gasteiger partial charge < -0.3 is 4.74 Å². The number of nitrogens with zero attached hydrogens (tertiary/aromatic N) is 2. The summed E-state index contributed by atoms with van der Waals surface area (Å²) in [6, 6.07) is 12.4. The molecule has 1 aliphatic rings. The number of carbonyl (C=O) groups excluding carboxylic acids is 3. The van der Waals surface area contributed by atoms with Gasteiger partial charge in [-0.15, -0.1) is 10.2 Å². The van der Waals surface area contributed by atoms with E-state index in [4.69, 9.17) is 4.74 Å². The first-order valence-corrected chi connectivity index (χ1v) is 7.03. The third-order valence-electron chi connectivity index (χ3n) is 3.42. The molecule has 0 saturated heterocycles. The van der Waals surface area contributed by atoms with Crippen LogP contribution in [0.25, 0.3) is 11.1 Å². The lowest BCUT2D eigenvalue weighted by Crippen LogP contribution is -2.20. The fourth-order valence-electron chi connectivity index (χ4n) is 2.40. The second-order valence-corrected chi connectivity index (χ2v) is 4.81. The molecule has 0 radical (unpaired) electrons. The van der Waals surface area contributed by atoms with Gasteiger partial charge in [0.05, 0.1) is 17.7 Å². The van der Waals surface area contributed by atoms with Gasteiger partial charge in [-0.1, -0.05) is 36.4 Å². The molecule has 1 amide bonds. The predicted octanol–water partition coefficient (Wildman–Crippen LogP) is 3.34. The minimum atomic E-state index is -0.992. The highest BCUT2D eigenvalue weighted by Gasteiger charge is 2.32. The van der Waals surface area contributed by atoms with E-state index in [-0.39, 0.29) is 23.4 Å². The Labute approximate surface area is 131 Å². The van der Waals surface area contributed by atoms with Crippen LogP contribution in [-0.2, 0) is 9.53 Å². The van der Waals surface area contributed by atoms with Crippen LogP contribution >= 0.6 is 0 Å². The standard InChI is InChI=1S/C17H12N2O4/c1-2-23-17(22)12-9-8-11(10-6-4-3-5-7-10)14-13(12)15(20)16(21)19-18-14/h3-9H,2H2,1H3. The third-order valence-corrected chi connectivity index (χ3v) is 3.42. The maximum Gasteiger partial charge on any atom is 0.338 e. The SMILES string of the molecule is CCOC(=O)c1ccc(-c2ccccc2)c2c1C(=O)C(=O)N=N2. The van der Waals surface area contributed by atoms with Gasteiger partial charge in [0.1, 0.15) is 5.69 Å². The third kappa shape index (κ3) is 2.55. The molecule has 1 aliphatic heterocycles. The summed E-state index contributed by atoms with van der Waals surface area (Å²) in [6.45, 7) is 1.83. The average Bonchev–Trinajstić information content (AvgIpc) is 2.58. The Balaban J connectivity index is 2.25. The van der Waals surface area contributed by atoms with Gasteiger partial charge in [0.25, 0.3) is 5.78 Å². The number of fused-ring (bicyclic) bond motifs is 1. The van der Waals surface area contributed by atoms with E-state index < -0.39 is 17.7 Å². The molecule has 0 bridgehead atoms. The van der Waals surface area contributed by atoms with Gasteiger partial charge in [-0.2, -0.15) is 0 Å². The smallest absolute Gasteiger partial charge is 0.338 e. The first-order valence-electron chi connectivity index (χ1n) is 7.03. The van der Waals surface area contributed by atoms with Crippen LogP contribution in [0.4, 0.5) is 5.69 Å². The van der Waals surface area contributed by atoms with Crippen LogP contribution in [-0.4, -0.2) is 24.3 Å². The molecule has 1 heterocycles. The molecule has 114 valence electrons. The number of rotatable bonds is 3. The molecule has 0 aliphatic carbocycles. The van der Waals surface area contributed by atoms with E-state index in [9.17, 15) is 14.4 Å². The summed E-state index contributed by atoms with van der Waals surface area (Å²) in [6.07, 6.45) is 0. The Kier molecular flexibility index (Phi) is 3.80. The number of amides is 1. The van der Waals surface area contributed by atoms with Crippen LogP contribution in [0.2, 0.25) is 0 Å². The zero-order valence-corrected chi connectivity index (χ0v) is 12.3. The van der Waals surface area contributed by atoms with E-state index in [0.29, 0.717) is 5.56 Å². The van der Waals surface area contributed by atoms with Gasteiger partial charge in [-0.05, 0) is 18.6 Å². The molecule has 0 unspecified atom stereocenters. The molecule has 0 fully saturated rings. The highest BCUT2D eigenvalue weighted by molar-refractivity contribution is 6.46. The first-order chi connectivity index (χ1) is 11.1. The monoisotopic (exact) mass is 308 g/mol. The van der Waals surface area contributed by atoms with Crippen molar-refractivity contribution in [3.63, 3.8) is 0 Å². The van der Waals surface area contributed by atoms with Crippen LogP contribution in [0.5, 0.6) is 0 Å². The highest BCUT2D eigenvalue weighted by atomic mass is 16.5. The zero-order valence-electron chi connectivity index (χ0n) is 12.3. The normalized spacial score (nSPS) is 12.9. The minimum absolute atomic E-state index is 0.0264. The summed E-state index contributed by atoms with van der Waals surface area (Å²) < 4.78 is 4.95. The van der Waals surface area contributed by atoms with E-state index in [1.54, 1.807) is 13.0 Å². The van der Waals surface area contributed by atoms with Gasteiger partial charge in [0.2, 0.25) is 0 Å². The van der Waals surface area contributed by atoms with Crippen molar-refractivity contribution in [1.82, 2.24) is 0 Å². The van der Waals surface area contributed by atoms with Crippen LogP contribution in [0.15, 0.2) is 52.7 Å². The van der Waals surface area contributed by atoms with E-state index >= 15 is 0 Å². The van der Waals surface area contributed by atoms with E-state index in [1.807, 2.05) is 30.3 Å². The Bertz CT molecular complexity index is 841. The summed E-state index contributed by atoms with van der Waals surface area (Å²) in [5.74, 6) is -2.51. The van der Waals surface area contributed by atoms with Gasteiger partial charge in [0, 0.05) is 5.56 Å². The largest absolute Gasteiger partial charge is 0.462 e. The van der Waals surface area contributed by atoms with Gasteiger partial charge in [0.15, 0.2) is 0 Å². The average molecular weight is 308 g/mol. The number of ketones is 1. The second-order valence-electron chi connectivity index (χ2n) is 4.81. The molecule has 0 N–H and O–H groups in total. The lowest BCUT2D eigenvalue weighted by atomic mass is 9.93. The Morgan fingerprint density at radius 1 is 1.04 bits per heavy atom. The molecule has 0 atom stereocenters. The molecule has 0 saturated carbocycles. The maximum atomic E-state index is 12.2. The molecule has 6 heteroatoms. The van der Waals surface area contributed by atoms with Crippen molar-refractivity contribution < 1.29 is 19.1 Å². The van der Waals surface area contributed by atoms with Crippen LogP contribution in [0.1, 0.15) is 27.6 Å². The molecule has 3 rings (SSSR count). The number of hydrogen-bond acceptors (Lipinski definition) is 5. The number of esters is 1. The van der Waals surface area contributed by atoms with Crippen LogP contribution < -0.4 is 0 Å². The Morgan fingerprint density at radius 2 is 1.78 bits per heavy atom. The lowest BCUT2D eigenvalue weighted by Gasteiger charge is -2.15. The Hall–Kier alpha value is -3.15. The van der Waals surface area contributed by atoms with Crippen molar-refractivity contribution in [3.8, 4) is 11.1 Å². The van der Waals surface area contributed by atoms with Gasteiger partial charge in [-0.3, -0.25) is 9.59 Å². The molecule has 23 heavy (non-hydrogen) atoms. The highest BCUT2D eigenvalue weighted by Crippen LogP contribution is 2.38. The maximum absolute atomic E-state index is 12.2. The number of azo groups is 1. The fourth-order valence-corrected chi connectivity index (χ4v) is 2.40. The molecule has 0 spiro atoms. The quantitative estimate of drug-likeness (QED) is 0.643. The van der Waals surface area contributed by atoms with Crippen molar-refractivity contribution in [2.24, 2.45) is 10.2 Å². The van der Waals surface area contributed by atoms with Crippen molar-refractivity contribution in [1.29, 1.82) is 0 Å². The number of Topliss-reactive ketones (excluding diaryl/α,β-unsaturated/α-hetero) is 1. The van der Waals surface area contributed by atoms with Crippen molar-refractivity contribution in [2.75, 3.05) is 6.61 Å². The molecule has 2 aromatic carbocycles. The molecular weight excluding hydrogens is 296 g/mol. The number of carbonyl (C=O) groups is 3. The van der Waals surface area contributed by atoms with Crippen molar-refractivity contribution in [2.45, 2.75) is 6.92 Å². The van der Waals surface area contributed by atoms with E-state index in [2.05, 4.69) is 10.2 Å². The summed E-state index contributed by atoms with van der Waals surface area (Å²) in [5.41, 5.74) is 1.62. The minimum Gasteiger partial charge on any atom is -0.462 e. The topological polar surface area (TPSA) is 85.2 Å². The molecular formula is C17H12N2O4. The molecule has 0 aromatic heterocycles.